The smallest absolute Gasteiger partial charge is 0.407 e. The molecular formula is C18H20FNO5. The van der Waals surface area contributed by atoms with Crippen LogP contribution in [0.1, 0.15) is 36.9 Å². The first-order valence-corrected chi connectivity index (χ1v) is 7.62. The van der Waals surface area contributed by atoms with Gasteiger partial charge in [-0.15, -0.1) is 0 Å². The van der Waals surface area contributed by atoms with Crippen LogP contribution in [0.15, 0.2) is 35.0 Å². The fraction of sp³-hybridized carbons (Fsp3) is 0.333. The van der Waals surface area contributed by atoms with Gasteiger partial charge in [-0.1, -0.05) is 0 Å². The summed E-state index contributed by atoms with van der Waals surface area (Å²) < 4.78 is 28.6. The molecular weight excluding hydrogens is 329 g/mol. The summed E-state index contributed by atoms with van der Waals surface area (Å²) in [6, 6.07) is 6.33. The maximum absolute atomic E-state index is 13.2. The largest absolute Gasteiger partial charge is 0.465 e. The second kappa shape index (κ2) is 7.38. The summed E-state index contributed by atoms with van der Waals surface area (Å²) in [5.41, 5.74) is 0.341. The van der Waals surface area contributed by atoms with Gasteiger partial charge in [0, 0.05) is 11.0 Å². The van der Waals surface area contributed by atoms with Crippen LogP contribution in [0.3, 0.4) is 0 Å². The van der Waals surface area contributed by atoms with E-state index in [9.17, 15) is 14.0 Å². The van der Waals surface area contributed by atoms with Crippen molar-refractivity contribution in [3.63, 3.8) is 0 Å². The number of halogens is 1. The van der Waals surface area contributed by atoms with Crippen molar-refractivity contribution in [1.29, 1.82) is 0 Å². The Labute approximate surface area is 144 Å². The average Bonchev–Trinajstić information content (AvgIpc) is 2.95. The minimum Gasteiger partial charge on any atom is -0.465 e. The highest BCUT2D eigenvalue weighted by Gasteiger charge is 2.17. The molecule has 1 amide bonds. The van der Waals surface area contributed by atoms with Crippen LogP contribution in [-0.2, 0) is 9.47 Å². The van der Waals surface area contributed by atoms with Gasteiger partial charge >= 0.3 is 12.1 Å². The molecule has 0 fully saturated rings. The predicted molar refractivity (Wildman–Crippen MR) is 90.9 cm³/mol. The molecule has 1 aromatic heterocycles. The molecule has 0 aliphatic carbocycles. The van der Waals surface area contributed by atoms with Crippen LogP contribution in [0.2, 0.25) is 0 Å². The topological polar surface area (TPSA) is 77.8 Å². The number of methoxy groups -OCH3 is 1. The molecule has 0 aliphatic heterocycles. The fourth-order valence-corrected chi connectivity index (χ4v) is 2.11. The van der Waals surface area contributed by atoms with E-state index in [1.54, 1.807) is 45.0 Å². The van der Waals surface area contributed by atoms with E-state index in [1.165, 1.54) is 7.11 Å². The van der Waals surface area contributed by atoms with Crippen molar-refractivity contribution in [1.82, 2.24) is 5.32 Å². The van der Waals surface area contributed by atoms with Gasteiger partial charge in [0.2, 0.25) is 0 Å². The van der Waals surface area contributed by atoms with Gasteiger partial charge in [0.25, 0.3) is 0 Å². The van der Waals surface area contributed by atoms with E-state index in [0.29, 0.717) is 22.9 Å². The van der Waals surface area contributed by atoms with Crippen molar-refractivity contribution in [3.05, 3.63) is 41.9 Å². The number of hydrogen-bond acceptors (Lipinski definition) is 5. The highest BCUT2D eigenvalue weighted by molar-refractivity contribution is 5.94. The van der Waals surface area contributed by atoms with Crippen molar-refractivity contribution in [3.8, 4) is 0 Å². The normalized spacial score (nSPS) is 12.1. The third-order valence-electron chi connectivity index (χ3n) is 3.21. The Morgan fingerprint density at radius 2 is 2.00 bits per heavy atom. The standard InChI is InChI=1S/C18H20FNO5/c1-18(2,3)25-17(22)20-10-13(9-19)15-8-12-7-11(16(21)23-4)5-6-14(12)24-15/h5-9H,10H2,1-4H3,(H,20,22)/b13-9-. The lowest BCUT2D eigenvalue weighted by Gasteiger charge is -2.19. The third kappa shape index (κ3) is 4.82. The molecule has 7 heteroatoms. The third-order valence-corrected chi connectivity index (χ3v) is 3.21. The van der Waals surface area contributed by atoms with Crippen LogP contribution in [-0.4, -0.2) is 31.3 Å². The zero-order valence-electron chi connectivity index (χ0n) is 14.5. The number of benzene rings is 1. The van der Waals surface area contributed by atoms with Crippen molar-refractivity contribution < 1.29 is 27.9 Å². The number of esters is 1. The Balaban J connectivity index is 2.15. The number of hydrogen-bond donors (Lipinski definition) is 1. The van der Waals surface area contributed by atoms with Gasteiger partial charge in [0.15, 0.2) is 0 Å². The van der Waals surface area contributed by atoms with Gasteiger partial charge in [-0.25, -0.2) is 14.0 Å². The first kappa shape index (κ1) is 18.5. The summed E-state index contributed by atoms with van der Waals surface area (Å²) in [4.78, 5) is 23.2. The van der Waals surface area contributed by atoms with Crippen LogP contribution in [0.25, 0.3) is 16.5 Å². The van der Waals surface area contributed by atoms with E-state index in [0.717, 1.165) is 0 Å². The summed E-state index contributed by atoms with van der Waals surface area (Å²) in [7, 11) is 1.29. The number of ether oxygens (including phenoxy) is 2. The molecule has 134 valence electrons. The molecule has 25 heavy (non-hydrogen) atoms. The summed E-state index contributed by atoms with van der Waals surface area (Å²) in [6.45, 7) is 5.10. The zero-order valence-corrected chi connectivity index (χ0v) is 14.5. The number of fused-ring (bicyclic) bond motifs is 1. The Hall–Kier alpha value is -2.83. The SMILES string of the molecule is COC(=O)c1ccc2oc(/C(=C\F)CNC(=O)OC(C)(C)C)cc2c1. The number of alkyl carbamates (subject to hydrolysis) is 1. The fourth-order valence-electron chi connectivity index (χ4n) is 2.11. The van der Waals surface area contributed by atoms with Crippen LogP contribution in [0.5, 0.6) is 0 Å². The first-order valence-electron chi connectivity index (χ1n) is 7.62. The number of furan rings is 1. The van der Waals surface area contributed by atoms with Crippen molar-refractivity contribution >= 4 is 28.6 Å². The number of nitrogens with one attached hydrogen (secondary N) is 1. The molecule has 0 aliphatic rings. The quantitative estimate of drug-likeness (QED) is 0.843. The maximum Gasteiger partial charge on any atom is 0.407 e. The van der Waals surface area contributed by atoms with Gasteiger partial charge in [0.05, 0.1) is 25.5 Å². The summed E-state index contributed by atoms with van der Waals surface area (Å²) >= 11 is 0. The number of rotatable bonds is 4. The van der Waals surface area contributed by atoms with Gasteiger partial charge in [-0.05, 0) is 45.0 Å². The molecule has 6 nitrogen and oxygen atoms in total. The monoisotopic (exact) mass is 349 g/mol. The van der Waals surface area contributed by atoms with E-state index in [-0.39, 0.29) is 17.9 Å². The molecule has 0 atom stereocenters. The van der Waals surface area contributed by atoms with Crippen LogP contribution in [0, 0.1) is 0 Å². The minimum atomic E-state index is -0.657. The van der Waals surface area contributed by atoms with E-state index in [4.69, 9.17) is 9.15 Å². The molecule has 0 bridgehead atoms. The second-order valence-electron chi connectivity index (χ2n) is 6.34. The molecule has 2 aromatic rings. The van der Waals surface area contributed by atoms with Gasteiger partial charge in [0.1, 0.15) is 16.9 Å². The van der Waals surface area contributed by atoms with E-state index >= 15 is 0 Å². The molecule has 0 unspecified atom stereocenters. The molecule has 0 radical (unpaired) electrons. The lowest BCUT2D eigenvalue weighted by molar-refractivity contribution is 0.0533. The van der Waals surface area contributed by atoms with E-state index < -0.39 is 17.7 Å². The summed E-state index contributed by atoms with van der Waals surface area (Å²) in [6.07, 6.45) is -0.299. The van der Waals surface area contributed by atoms with Crippen LogP contribution < -0.4 is 5.32 Å². The lowest BCUT2D eigenvalue weighted by atomic mass is 10.1. The number of amides is 1. The predicted octanol–water partition coefficient (Wildman–Crippen LogP) is 4.05. The molecule has 0 saturated carbocycles. The molecule has 2 rings (SSSR count). The lowest BCUT2D eigenvalue weighted by Crippen LogP contribution is -2.33. The van der Waals surface area contributed by atoms with Gasteiger partial charge in [-0.3, -0.25) is 0 Å². The van der Waals surface area contributed by atoms with Gasteiger partial charge < -0.3 is 19.2 Å². The highest BCUT2D eigenvalue weighted by Crippen LogP contribution is 2.26. The highest BCUT2D eigenvalue weighted by atomic mass is 19.1. The Morgan fingerprint density at radius 1 is 1.28 bits per heavy atom. The Morgan fingerprint density at radius 3 is 2.60 bits per heavy atom. The summed E-state index contributed by atoms with van der Waals surface area (Å²) in [5, 5.41) is 3.09. The minimum absolute atomic E-state index is 0.102. The van der Waals surface area contributed by atoms with Crippen molar-refractivity contribution in [2.24, 2.45) is 0 Å². The second-order valence-corrected chi connectivity index (χ2v) is 6.34. The first-order chi connectivity index (χ1) is 11.7. The average molecular weight is 349 g/mol. The van der Waals surface area contributed by atoms with Crippen LogP contribution in [0.4, 0.5) is 9.18 Å². The molecule has 0 saturated heterocycles. The maximum atomic E-state index is 13.2. The van der Waals surface area contributed by atoms with Gasteiger partial charge in [-0.2, -0.15) is 0 Å². The summed E-state index contributed by atoms with van der Waals surface area (Å²) in [5.74, 6) is -0.229. The van der Waals surface area contributed by atoms with Crippen LogP contribution >= 0.6 is 0 Å². The number of carbonyl (C=O) groups excluding carboxylic acids is 2. The van der Waals surface area contributed by atoms with Crippen molar-refractivity contribution in [2.45, 2.75) is 26.4 Å². The molecule has 1 N–H and O–H groups in total. The Kier molecular flexibility index (Phi) is 5.46. The van der Waals surface area contributed by atoms with E-state index in [2.05, 4.69) is 10.1 Å². The molecule has 0 spiro atoms. The van der Waals surface area contributed by atoms with Crippen molar-refractivity contribution in [2.75, 3.05) is 13.7 Å². The molecule has 1 aromatic carbocycles. The Bertz CT molecular complexity index is 816. The number of carbonyl (C=O) groups is 2. The zero-order chi connectivity index (χ0) is 18.6. The molecule has 1 heterocycles. The van der Waals surface area contributed by atoms with E-state index in [1.807, 2.05) is 0 Å².